The summed E-state index contributed by atoms with van der Waals surface area (Å²) in [4.78, 5) is 2.69. The van der Waals surface area contributed by atoms with Gasteiger partial charge in [-0.3, -0.25) is 0 Å². The van der Waals surface area contributed by atoms with Crippen molar-refractivity contribution in [2.45, 2.75) is 58.9 Å². The first-order valence-electron chi connectivity index (χ1n) is 7.57. The van der Waals surface area contributed by atoms with E-state index in [-0.39, 0.29) is 0 Å². The molecule has 0 radical (unpaired) electrons. The summed E-state index contributed by atoms with van der Waals surface area (Å²) < 4.78 is 0. The summed E-state index contributed by atoms with van der Waals surface area (Å²) in [6, 6.07) is 0.851. The molecule has 2 unspecified atom stereocenters. The van der Waals surface area contributed by atoms with E-state index in [1.807, 2.05) is 0 Å². The summed E-state index contributed by atoms with van der Waals surface area (Å²) in [5, 5.41) is 3.74. The number of hydrogen-bond acceptors (Lipinski definition) is 2. The molecule has 2 atom stereocenters. The van der Waals surface area contributed by atoms with Gasteiger partial charge in [-0.05, 0) is 43.6 Å². The first-order chi connectivity index (χ1) is 8.11. The molecule has 1 saturated heterocycles. The molecule has 2 fully saturated rings. The van der Waals surface area contributed by atoms with E-state index in [0.29, 0.717) is 5.41 Å². The van der Waals surface area contributed by atoms with Crippen LogP contribution in [0.15, 0.2) is 0 Å². The Labute approximate surface area is 107 Å². The maximum Gasteiger partial charge on any atom is 0.00684 e. The van der Waals surface area contributed by atoms with Gasteiger partial charge in [0.2, 0.25) is 0 Å². The maximum absolute atomic E-state index is 3.74. The molecule has 2 nitrogen and oxygen atoms in total. The van der Waals surface area contributed by atoms with Crippen LogP contribution in [0.1, 0.15) is 52.9 Å². The Morgan fingerprint density at radius 2 is 2.06 bits per heavy atom. The highest BCUT2D eigenvalue weighted by molar-refractivity contribution is 4.88. The molecular formula is C15H30N2. The zero-order chi connectivity index (χ0) is 12.3. The van der Waals surface area contributed by atoms with Gasteiger partial charge in [0.1, 0.15) is 0 Å². The molecule has 1 N–H and O–H groups in total. The van der Waals surface area contributed by atoms with Gasteiger partial charge in [0.15, 0.2) is 0 Å². The van der Waals surface area contributed by atoms with Gasteiger partial charge < -0.3 is 10.2 Å². The number of nitrogens with one attached hydrogen (secondary N) is 1. The average molecular weight is 238 g/mol. The van der Waals surface area contributed by atoms with Gasteiger partial charge in [-0.15, -0.1) is 0 Å². The van der Waals surface area contributed by atoms with Gasteiger partial charge in [0, 0.05) is 25.7 Å². The maximum atomic E-state index is 3.74. The highest BCUT2D eigenvalue weighted by Gasteiger charge is 2.31. The van der Waals surface area contributed by atoms with Crippen molar-refractivity contribution in [3.8, 4) is 0 Å². The standard InChI is InChI=1S/C15H30N2/c1-4-8-15(3,11-16-14-5-6-14)12-17-9-7-13(2)10-17/h13-14,16H,4-12H2,1-3H3. The third-order valence-electron chi connectivity index (χ3n) is 4.36. The molecule has 0 aromatic rings. The second-order valence-electron chi connectivity index (χ2n) is 6.84. The van der Waals surface area contributed by atoms with Crippen LogP contribution in [-0.2, 0) is 0 Å². The van der Waals surface area contributed by atoms with E-state index in [1.54, 1.807) is 0 Å². The highest BCUT2D eigenvalue weighted by atomic mass is 15.2. The Morgan fingerprint density at radius 3 is 2.59 bits per heavy atom. The van der Waals surface area contributed by atoms with E-state index in [0.717, 1.165) is 12.0 Å². The molecule has 2 rings (SSSR count). The summed E-state index contributed by atoms with van der Waals surface area (Å²) in [6.07, 6.45) is 6.88. The fourth-order valence-electron chi connectivity index (χ4n) is 3.21. The van der Waals surface area contributed by atoms with Gasteiger partial charge in [-0.1, -0.05) is 27.2 Å². The highest BCUT2D eigenvalue weighted by Crippen LogP contribution is 2.29. The lowest BCUT2D eigenvalue weighted by Gasteiger charge is -2.34. The summed E-state index contributed by atoms with van der Waals surface area (Å²) in [6.45, 7) is 12.4. The molecule has 0 amide bonds. The molecule has 0 aromatic carbocycles. The van der Waals surface area contributed by atoms with E-state index >= 15 is 0 Å². The number of hydrogen-bond donors (Lipinski definition) is 1. The normalized spacial score (nSPS) is 29.5. The second kappa shape index (κ2) is 5.71. The van der Waals surface area contributed by atoms with E-state index in [2.05, 4.69) is 31.0 Å². The topological polar surface area (TPSA) is 15.3 Å². The first kappa shape index (κ1) is 13.4. The van der Waals surface area contributed by atoms with Gasteiger partial charge in [0.25, 0.3) is 0 Å². The number of rotatable bonds is 7. The van der Waals surface area contributed by atoms with Gasteiger partial charge >= 0.3 is 0 Å². The summed E-state index contributed by atoms with van der Waals surface area (Å²) >= 11 is 0. The Balaban J connectivity index is 1.80. The number of nitrogens with zero attached hydrogens (tertiary/aromatic N) is 1. The van der Waals surface area contributed by atoms with Crippen molar-refractivity contribution < 1.29 is 0 Å². The van der Waals surface area contributed by atoms with E-state index in [9.17, 15) is 0 Å². The van der Waals surface area contributed by atoms with Crippen LogP contribution >= 0.6 is 0 Å². The smallest absolute Gasteiger partial charge is 0.00684 e. The molecule has 0 spiro atoms. The van der Waals surface area contributed by atoms with Crippen LogP contribution in [0.4, 0.5) is 0 Å². The van der Waals surface area contributed by atoms with Crippen LogP contribution in [0.25, 0.3) is 0 Å². The predicted octanol–water partition coefficient (Wildman–Crippen LogP) is 2.89. The average Bonchev–Trinajstić information content (AvgIpc) is 3.01. The largest absolute Gasteiger partial charge is 0.313 e. The SMILES string of the molecule is CCCC(C)(CNC1CC1)CN1CCC(C)C1. The molecule has 0 bridgehead atoms. The monoisotopic (exact) mass is 238 g/mol. The summed E-state index contributed by atoms with van der Waals surface area (Å²) in [5.41, 5.74) is 0.487. The molecular weight excluding hydrogens is 208 g/mol. The minimum Gasteiger partial charge on any atom is -0.313 e. The molecule has 100 valence electrons. The fourth-order valence-corrected chi connectivity index (χ4v) is 3.21. The lowest BCUT2D eigenvalue weighted by atomic mass is 9.84. The lowest BCUT2D eigenvalue weighted by molar-refractivity contribution is 0.169. The van der Waals surface area contributed by atoms with E-state index < -0.39 is 0 Å². The van der Waals surface area contributed by atoms with Crippen LogP contribution in [0.5, 0.6) is 0 Å². The van der Waals surface area contributed by atoms with Crippen LogP contribution in [0, 0.1) is 11.3 Å². The van der Waals surface area contributed by atoms with Crippen molar-refractivity contribution in [3.63, 3.8) is 0 Å². The van der Waals surface area contributed by atoms with Crippen LogP contribution < -0.4 is 5.32 Å². The third-order valence-corrected chi connectivity index (χ3v) is 4.36. The Hall–Kier alpha value is -0.0800. The van der Waals surface area contributed by atoms with Crippen molar-refractivity contribution in [1.29, 1.82) is 0 Å². The minimum absolute atomic E-state index is 0.487. The molecule has 0 aromatic heterocycles. The molecule has 1 aliphatic carbocycles. The molecule has 2 aliphatic rings. The van der Waals surface area contributed by atoms with Crippen molar-refractivity contribution >= 4 is 0 Å². The van der Waals surface area contributed by atoms with Crippen LogP contribution in [-0.4, -0.2) is 37.1 Å². The van der Waals surface area contributed by atoms with Gasteiger partial charge in [-0.2, -0.15) is 0 Å². The Morgan fingerprint density at radius 1 is 1.29 bits per heavy atom. The quantitative estimate of drug-likeness (QED) is 0.733. The summed E-state index contributed by atoms with van der Waals surface area (Å²) in [5.74, 6) is 0.914. The Bertz CT molecular complexity index is 237. The Kier molecular flexibility index (Phi) is 4.48. The zero-order valence-electron chi connectivity index (χ0n) is 12.0. The van der Waals surface area contributed by atoms with Gasteiger partial charge in [-0.25, -0.2) is 0 Å². The first-order valence-corrected chi connectivity index (χ1v) is 7.57. The van der Waals surface area contributed by atoms with Crippen molar-refractivity contribution in [3.05, 3.63) is 0 Å². The minimum atomic E-state index is 0.487. The predicted molar refractivity (Wildman–Crippen MR) is 74.3 cm³/mol. The fraction of sp³-hybridized carbons (Fsp3) is 1.00. The molecule has 17 heavy (non-hydrogen) atoms. The molecule has 1 saturated carbocycles. The van der Waals surface area contributed by atoms with Crippen molar-refractivity contribution in [2.24, 2.45) is 11.3 Å². The number of likely N-dealkylation sites (tertiary alicyclic amines) is 1. The molecule has 1 aliphatic heterocycles. The van der Waals surface area contributed by atoms with Crippen LogP contribution in [0.3, 0.4) is 0 Å². The second-order valence-corrected chi connectivity index (χ2v) is 6.84. The lowest BCUT2D eigenvalue weighted by Crippen LogP contribution is -2.42. The van der Waals surface area contributed by atoms with E-state index in [1.165, 1.54) is 58.3 Å². The molecule has 1 heterocycles. The van der Waals surface area contributed by atoms with Gasteiger partial charge in [0.05, 0.1) is 0 Å². The van der Waals surface area contributed by atoms with Crippen molar-refractivity contribution in [1.82, 2.24) is 10.2 Å². The summed E-state index contributed by atoms with van der Waals surface area (Å²) in [7, 11) is 0. The zero-order valence-corrected chi connectivity index (χ0v) is 12.0. The third kappa shape index (κ3) is 4.26. The van der Waals surface area contributed by atoms with Crippen molar-refractivity contribution in [2.75, 3.05) is 26.2 Å². The van der Waals surface area contributed by atoms with Crippen LogP contribution in [0.2, 0.25) is 0 Å². The molecule has 2 heteroatoms. The van der Waals surface area contributed by atoms with E-state index in [4.69, 9.17) is 0 Å².